The van der Waals surface area contributed by atoms with Gasteiger partial charge in [-0.3, -0.25) is 4.79 Å². The molecule has 0 aromatic rings. The van der Waals surface area contributed by atoms with Gasteiger partial charge < -0.3 is 15.8 Å². The van der Waals surface area contributed by atoms with Gasteiger partial charge in [0.2, 0.25) is 5.91 Å². The molecule has 1 aliphatic carbocycles. The third kappa shape index (κ3) is 5.94. The molecule has 0 saturated heterocycles. The third-order valence-electron chi connectivity index (χ3n) is 3.33. The molecule has 0 radical (unpaired) electrons. The van der Waals surface area contributed by atoms with Gasteiger partial charge in [-0.15, -0.1) is 0 Å². The third-order valence-corrected chi connectivity index (χ3v) is 3.33. The minimum atomic E-state index is -0.534. The zero-order valence-corrected chi connectivity index (χ0v) is 12.2. The molecule has 5 heteroatoms. The quantitative estimate of drug-likeness (QED) is 0.808. The Morgan fingerprint density at radius 1 is 1.11 bits per heavy atom. The largest absolute Gasteiger partial charge is 0.444 e. The molecule has 0 aromatic carbocycles. The molecule has 0 aliphatic heterocycles. The molecular weight excluding hydrogens is 244 g/mol. The Kier molecular flexibility index (Phi) is 5.63. The molecular formula is C14H26N2O3. The molecule has 3 N–H and O–H groups in total. The summed E-state index contributed by atoms with van der Waals surface area (Å²) in [5.41, 5.74) is 4.92. The number of hydrogen-bond donors (Lipinski definition) is 2. The van der Waals surface area contributed by atoms with E-state index in [1.54, 1.807) is 0 Å². The average molecular weight is 270 g/mol. The van der Waals surface area contributed by atoms with Crippen molar-refractivity contribution >= 4 is 12.0 Å². The van der Waals surface area contributed by atoms with Crippen LogP contribution in [-0.4, -0.2) is 23.6 Å². The van der Waals surface area contributed by atoms with Crippen LogP contribution in [0.4, 0.5) is 4.79 Å². The van der Waals surface area contributed by atoms with Crippen LogP contribution in [0.15, 0.2) is 0 Å². The molecule has 2 atom stereocenters. The van der Waals surface area contributed by atoms with Gasteiger partial charge in [0.25, 0.3) is 0 Å². The normalized spacial score (nSPS) is 25.0. The Morgan fingerprint density at radius 3 is 2.21 bits per heavy atom. The van der Waals surface area contributed by atoms with E-state index in [0.717, 1.165) is 38.5 Å². The highest BCUT2D eigenvalue weighted by atomic mass is 16.6. The Labute approximate surface area is 115 Å². The first-order valence-corrected chi connectivity index (χ1v) is 7.08. The maximum atomic E-state index is 11.8. The number of ether oxygens (including phenoxy) is 1. The number of rotatable bonds is 2. The second kappa shape index (κ2) is 6.78. The molecule has 19 heavy (non-hydrogen) atoms. The number of carbonyl (C=O) groups excluding carboxylic acids is 2. The Bertz CT molecular complexity index is 323. The summed E-state index contributed by atoms with van der Waals surface area (Å²) in [7, 11) is 0. The lowest BCUT2D eigenvalue weighted by atomic mass is 9.86. The van der Waals surface area contributed by atoms with E-state index in [4.69, 9.17) is 10.5 Å². The van der Waals surface area contributed by atoms with E-state index in [9.17, 15) is 9.59 Å². The molecule has 0 spiro atoms. The number of alkyl carbamates (subject to hydrolysis) is 1. The fraction of sp³-hybridized carbons (Fsp3) is 0.857. The second-order valence-electron chi connectivity index (χ2n) is 6.25. The molecule has 1 aliphatic rings. The van der Waals surface area contributed by atoms with Crippen molar-refractivity contribution in [2.24, 2.45) is 11.7 Å². The standard InChI is InChI=1S/C14H26N2O3/c1-14(2,3)19-13(18)16-11-9-7-5-4-6-8-10(11)12(15)17/h10-11H,4-9H2,1-3H3,(H2,15,17)(H,16,18)/t10-,11+/m1/s1. The average Bonchev–Trinajstić information content (AvgIpc) is 2.18. The zero-order valence-electron chi connectivity index (χ0n) is 12.2. The van der Waals surface area contributed by atoms with Gasteiger partial charge in [-0.25, -0.2) is 4.79 Å². The predicted molar refractivity (Wildman–Crippen MR) is 73.5 cm³/mol. The van der Waals surface area contributed by atoms with Crippen LogP contribution in [-0.2, 0) is 9.53 Å². The van der Waals surface area contributed by atoms with Crippen LogP contribution in [0, 0.1) is 5.92 Å². The molecule has 0 unspecified atom stereocenters. The maximum absolute atomic E-state index is 11.8. The van der Waals surface area contributed by atoms with Gasteiger partial charge >= 0.3 is 6.09 Å². The van der Waals surface area contributed by atoms with Crippen LogP contribution in [0.5, 0.6) is 0 Å². The van der Waals surface area contributed by atoms with Crippen LogP contribution in [0.2, 0.25) is 0 Å². The van der Waals surface area contributed by atoms with Gasteiger partial charge in [-0.1, -0.05) is 25.7 Å². The fourth-order valence-corrected chi connectivity index (χ4v) is 2.46. The first kappa shape index (κ1) is 15.8. The van der Waals surface area contributed by atoms with E-state index in [-0.39, 0.29) is 17.9 Å². The summed E-state index contributed by atoms with van der Waals surface area (Å²) in [6, 6.07) is -0.201. The smallest absolute Gasteiger partial charge is 0.407 e. The van der Waals surface area contributed by atoms with E-state index in [0.29, 0.717) is 0 Å². The molecule has 2 amide bonds. The molecule has 0 aromatic heterocycles. The molecule has 1 rings (SSSR count). The Balaban J connectivity index is 2.63. The SMILES string of the molecule is CC(C)(C)OC(=O)N[C@H]1CCCCCC[C@H]1C(N)=O. The van der Waals surface area contributed by atoms with Crippen LogP contribution in [0.1, 0.15) is 59.3 Å². The highest BCUT2D eigenvalue weighted by molar-refractivity contribution is 5.78. The summed E-state index contributed by atoms with van der Waals surface area (Å²) < 4.78 is 5.24. The Morgan fingerprint density at radius 2 is 1.68 bits per heavy atom. The monoisotopic (exact) mass is 270 g/mol. The van der Waals surface area contributed by atoms with E-state index in [1.165, 1.54) is 0 Å². The predicted octanol–water partition coefficient (Wildman–Crippen LogP) is 2.34. The summed E-state index contributed by atoms with van der Waals surface area (Å²) in [5.74, 6) is -0.615. The van der Waals surface area contributed by atoms with Gasteiger partial charge in [-0.05, 0) is 33.6 Å². The van der Waals surface area contributed by atoms with E-state index < -0.39 is 11.7 Å². The van der Waals surface area contributed by atoms with Gasteiger partial charge in [0, 0.05) is 6.04 Å². The van der Waals surface area contributed by atoms with Crippen molar-refractivity contribution in [3.63, 3.8) is 0 Å². The summed E-state index contributed by atoms with van der Waals surface area (Å²) in [6.45, 7) is 5.45. The lowest BCUT2D eigenvalue weighted by Gasteiger charge is -2.29. The second-order valence-corrected chi connectivity index (χ2v) is 6.25. The van der Waals surface area contributed by atoms with Gasteiger partial charge in [0.15, 0.2) is 0 Å². The highest BCUT2D eigenvalue weighted by Gasteiger charge is 2.29. The summed E-state index contributed by atoms with van der Waals surface area (Å²) in [5, 5.41) is 2.81. The van der Waals surface area contributed by atoms with E-state index in [2.05, 4.69) is 5.32 Å². The van der Waals surface area contributed by atoms with E-state index in [1.807, 2.05) is 20.8 Å². The van der Waals surface area contributed by atoms with Gasteiger partial charge in [0.1, 0.15) is 5.60 Å². The number of amides is 2. The highest BCUT2D eigenvalue weighted by Crippen LogP contribution is 2.23. The lowest BCUT2D eigenvalue weighted by Crippen LogP contribution is -2.47. The lowest BCUT2D eigenvalue weighted by molar-refractivity contribution is -0.123. The van der Waals surface area contributed by atoms with Crippen molar-refractivity contribution in [1.82, 2.24) is 5.32 Å². The van der Waals surface area contributed by atoms with Crippen molar-refractivity contribution in [2.45, 2.75) is 70.9 Å². The fourth-order valence-electron chi connectivity index (χ4n) is 2.46. The molecule has 0 heterocycles. The van der Waals surface area contributed by atoms with Crippen molar-refractivity contribution in [3.8, 4) is 0 Å². The van der Waals surface area contributed by atoms with E-state index >= 15 is 0 Å². The van der Waals surface area contributed by atoms with Gasteiger partial charge in [-0.2, -0.15) is 0 Å². The van der Waals surface area contributed by atoms with Crippen LogP contribution in [0.3, 0.4) is 0 Å². The number of hydrogen-bond acceptors (Lipinski definition) is 3. The molecule has 5 nitrogen and oxygen atoms in total. The first-order valence-electron chi connectivity index (χ1n) is 7.08. The molecule has 110 valence electrons. The maximum Gasteiger partial charge on any atom is 0.407 e. The molecule has 1 saturated carbocycles. The number of nitrogens with two attached hydrogens (primary N) is 1. The Hall–Kier alpha value is -1.26. The minimum absolute atomic E-state index is 0.201. The number of carbonyl (C=O) groups is 2. The molecule has 1 fully saturated rings. The number of primary amides is 1. The van der Waals surface area contributed by atoms with Crippen LogP contribution < -0.4 is 11.1 Å². The van der Waals surface area contributed by atoms with Crippen LogP contribution >= 0.6 is 0 Å². The van der Waals surface area contributed by atoms with Gasteiger partial charge in [0.05, 0.1) is 5.92 Å². The zero-order chi connectivity index (χ0) is 14.5. The minimum Gasteiger partial charge on any atom is -0.444 e. The number of nitrogens with one attached hydrogen (secondary N) is 1. The van der Waals surface area contributed by atoms with Crippen molar-refractivity contribution in [1.29, 1.82) is 0 Å². The summed E-state index contributed by atoms with van der Waals surface area (Å²) in [6.07, 6.45) is 5.32. The summed E-state index contributed by atoms with van der Waals surface area (Å²) in [4.78, 5) is 23.3. The molecule has 0 bridgehead atoms. The van der Waals surface area contributed by atoms with Crippen molar-refractivity contribution in [3.05, 3.63) is 0 Å². The van der Waals surface area contributed by atoms with Crippen LogP contribution in [0.25, 0.3) is 0 Å². The van der Waals surface area contributed by atoms with Crippen molar-refractivity contribution < 1.29 is 14.3 Å². The van der Waals surface area contributed by atoms with Crippen molar-refractivity contribution in [2.75, 3.05) is 0 Å². The summed E-state index contributed by atoms with van der Waals surface area (Å²) >= 11 is 0. The first-order chi connectivity index (χ1) is 8.79. The topological polar surface area (TPSA) is 81.4 Å².